The van der Waals surface area contributed by atoms with E-state index < -0.39 is 0 Å². The minimum atomic E-state index is 0.279. The molecule has 0 spiro atoms. The highest BCUT2D eigenvalue weighted by Gasteiger charge is 2.28. The van der Waals surface area contributed by atoms with Gasteiger partial charge in [-0.05, 0) is 74.6 Å². The van der Waals surface area contributed by atoms with Crippen molar-refractivity contribution in [3.05, 3.63) is 119 Å². The Kier molecular flexibility index (Phi) is 7.89. The summed E-state index contributed by atoms with van der Waals surface area (Å²) in [6.07, 6.45) is 2.07. The Morgan fingerprint density at radius 2 is 0.891 bits per heavy atom. The fourth-order valence-corrected chi connectivity index (χ4v) is 7.20. The van der Waals surface area contributed by atoms with E-state index >= 15 is 0 Å². The summed E-state index contributed by atoms with van der Waals surface area (Å²) in [6, 6.07) is 35.2. The predicted molar refractivity (Wildman–Crippen MR) is 187 cm³/mol. The fourth-order valence-electron chi connectivity index (χ4n) is 7.20. The van der Waals surface area contributed by atoms with Gasteiger partial charge in [0.25, 0.3) is 0 Å². The van der Waals surface area contributed by atoms with Gasteiger partial charge in [-0.15, -0.1) is 10.2 Å². The lowest BCUT2D eigenvalue weighted by molar-refractivity contribution is 0.519. The Balaban J connectivity index is 0.000000147. The van der Waals surface area contributed by atoms with E-state index in [9.17, 15) is 0 Å². The van der Waals surface area contributed by atoms with Crippen LogP contribution < -0.4 is 0 Å². The smallest absolute Gasteiger partial charge is 0.121 e. The van der Waals surface area contributed by atoms with Gasteiger partial charge in [0, 0.05) is 34.3 Å². The van der Waals surface area contributed by atoms with Crippen LogP contribution in [0.4, 0.5) is 0 Å². The van der Waals surface area contributed by atoms with Crippen LogP contribution in [0.25, 0.3) is 45.0 Å². The minimum Gasteiger partial charge on any atom is -0.242 e. The van der Waals surface area contributed by atoms with Gasteiger partial charge in [0.05, 0.1) is 11.4 Å². The van der Waals surface area contributed by atoms with E-state index in [2.05, 4.69) is 169 Å². The summed E-state index contributed by atoms with van der Waals surface area (Å²) in [7, 11) is 0. The van der Waals surface area contributed by atoms with Crippen molar-refractivity contribution >= 4 is 0 Å². The summed E-state index contributed by atoms with van der Waals surface area (Å²) >= 11 is 0. The van der Waals surface area contributed by atoms with Crippen LogP contribution in [0.15, 0.2) is 97.1 Å². The molecule has 0 radical (unpaired) electrons. The Morgan fingerprint density at radius 3 is 1.46 bits per heavy atom. The second kappa shape index (κ2) is 12.2. The van der Waals surface area contributed by atoms with E-state index in [0.717, 1.165) is 35.6 Å². The van der Waals surface area contributed by atoms with Gasteiger partial charge < -0.3 is 0 Å². The Labute approximate surface area is 272 Å². The zero-order valence-electron chi connectivity index (χ0n) is 27.6. The molecule has 232 valence electrons. The molecular formula is C40H42N6. The van der Waals surface area contributed by atoms with Crippen LogP contribution >= 0.6 is 0 Å². The molecule has 2 heterocycles. The maximum atomic E-state index is 4.57. The van der Waals surface area contributed by atoms with E-state index in [-0.39, 0.29) is 12.1 Å². The molecule has 4 aromatic carbocycles. The quantitative estimate of drug-likeness (QED) is 0.197. The SMILES string of the molecule is CC1Cc2ccccc2-c2c(nnn2C(C)C)-c2ccccc21.CC1Cc2ccccc2-c2nnn(C(C)C)c2-c2ccccc21. The predicted octanol–water partition coefficient (Wildman–Crippen LogP) is 9.71. The molecule has 0 N–H and O–H groups in total. The summed E-state index contributed by atoms with van der Waals surface area (Å²) < 4.78 is 4.12. The molecule has 0 saturated heterocycles. The number of hydrogen-bond donors (Lipinski definition) is 0. The van der Waals surface area contributed by atoms with Gasteiger partial charge in [-0.1, -0.05) is 121 Å². The maximum absolute atomic E-state index is 4.57. The van der Waals surface area contributed by atoms with E-state index in [1.54, 1.807) is 0 Å². The first-order valence-corrected chi connectivity index (χ1v) is 16.6. The van der Waals surface area contributed by atoms with Gasteiger partial charge >= 0.3 is 0 Å². The summed E-state index contributed by atoms with van der Waals surface area (Å²) in [5.74, 6) is 0.931. The third kappa shape index (κ3) is 5.16. The molecule has 2 atom stereocenters. The highest BCUT2D eigenvalue weighted by molar-refractivity contribution is 5.84. The second-order valence-corrected chi connectivity index (χ2v) is 13.3. The Bertz CT molecular complexity index is 2010. The van der Waals surface area contributed by atoms with Crippen LogP contribution in [-0.2, 0) is 12.8 Å². The number of benzene rings is 4. The van der Waals surface area contributed by atoms with Crippen LogP contribution in [0.1, 0.15) is 87.7 Å². The van der Waals surface area contributed by atoms with Crippen LogP contribution in [0, 0.1) is 0 Å². The number of nitrogens with zero attached hydrogens (tertiary/aromatic N) is 6. The van der Waals surface area contributed by atoms with E-state index in [4.69, 9.17) is 0 Å². The molecule has 2 aliphatic rings. The Hall–Kier alpha value is -4.84. The number of fused-ring (bicyclic) bond motifs is 10. The van der Waals surface area contributed by atoms with Gasteiger partial charge in [0.1, 0.15) is 11.4 Å². The molecule has 0 aliphatic heterocycles. The van der Waals surface area contributed by atoms with Crippen LogP contribution in [-0.4, -0.2) is 30.0 Å². The first-order chi connectivity index (χ1) is 22.3. The highest BCUT2D eigenvalue weighted by Crippen LogP contribution is 2.43. The third-order valence-electron chi connectivity index (χ3n) is 9.46. The lowest BCUT2D eigenvalue weighted by atomic mass is 9.83. The molecule has 2 aromatic heterocycles. The molecular weight excluding hydrogens is 564 g/mol. The van der Waals surface area contributed by atoms with Gasteiger partial charge in [0.15, 0.2) is 0 Å². The minimum absolute atomic E-state index is 0.279. The average Bonchev–Trinajstić information content (AvgIpc) is 3.70. The molecule has 2 unspecified atom stereocenters. The average molecular weight is 607 g/mol. The van der Waals surface area contributed by atoms with E-state index in [1.807, 2.05) is 0 Å². The largest absolute Gasteiger partial charge is 0.242 e. The summed E-state index contributed by atoms with van der Waals surface area (Å²) in [6.45, 7) is 13.2. The molecule has 0 fully saturated rings. The third-order valence-corrected chi connectivity index (χ3v) is 9.46. The van der Waals surface area contributed by atoms with Crippen molar-refractivity contribution in [2.24, 2.45) is 0 Å². The standard InChI is InChI=1S/2C20H21N3/c1-13(2)23-20-17-10-5-4-8-15(17)12-14(3)16-9-6-7-11-18(16)19(20)21-22-23;1-13(2)23-20-18-11-7-6-9-16(18)14(3)12-15-8-4-5-10-17(15)19(20)21-22-23/h2*4-11,13-14H,12H2,1-3H3. The fraction of sp³-hybridized carbons (Fsp3) is 0.300. The van der Waals surface area contributed by atoms with E-state index in [1.165, 1.54) is 44.5 Å². The molecule has 6 aromatic rings. The monoisotopic (exact) mass is 606 g/mol. The molecule has 6 nitrogen and oxygen atoms in total. The molecule has 0 amide bonds. The number of rotatable bonds is 2. The van der Waals surface area contributed by atoms with Crippen LogP contribution in [0.5, 0.6) is 0 Å². The van der Waals surface area contributed by atoms with E-state index in [0.29, 0.717) is 11.8 Å². The van der Waals surface area contributed by atoms with Crippen molar-refractivity contribution in [2.75, 3.05) is 0 Å². The van der Waals surface area contributed by atoms with Gasteiger partial charge in [-0.3, -0.25) is 0 Å². The zero-order valence-corrected chi connectivity index (χ0v) is 27.6. The van der Waals surface area contributed by atoms with Crippen molar-refractivity contribution in [3.63, 3.8) is 0 Å². The van der Waals surface area contributed by atoms with Crippen molar-refractivity contribution in [2.45, 2.75) is 78.3 Å². The first-order valence-electron chi connectivity index (χ1n) is 16.6. The lowest BCUT2D eigenvalue weighted by Crippen LogP contribution is -2.10. The van der Waals surface area contributed by atoms with Crippen molar-refractivity contribution in [1.82, 2.24) is 30.0 Å². The first kappa shape index (κ1) is 29.8. The van der Waals surface area contributed by atoms with Gasteiger partial charge in [0.2, 0.25) is 0 Å². The van der Waals surface area contributed by atoms with Gasteiger partial charge in [-0.2, -0.15) is 0 Å². The van der Waals surface area contributed by atoms with Crippen molar-refractivity contribution in [1.29, 1.82) is 0 Å². The Morgan fingerprint density at radius 1 is 0.500 bits per heavy atom. The normalized spacial score (nSPS) is 16.3. The zero-order chi connectivity index (χ0) is 31.9. The molecule has 8 rings (SSSR count). The van der Waals surface area contributed by atoms with Crippen molar-refractivity contribution < 1.29 is 0 Å². The highest BCUT2D eigenvalue weighted by atomic mass is 15.4. The lowest BCUT2D eigenvalue weighted by Gasteiger charge is -2.23. The number of hydrogen-bond acceptors (Lipinski definition) is 4. The molecule has 46 heavy (non-hydrogen) atoms. The summed E-state index contributed by atoms with van der Waals surface area (Å²) in [5, 5.41) is 18.1. The van der Waals surface area contributed by atoms with Crippen molar-refractivity contribution in [3.8, 4) is 45.0 Å². The molecule has 0 saturated carbocycles. The topological polar surface area (TPSA) is 61.4 Å². The summed E-state index contributed by atoms with van der Waals surface area (Å²) in [5.41, 5.74) is 14.8. The maximum Gasteiger partial charge on any atom is 0.121 e. The molecule has 0 bridgehead atoms. The van der Waals surface area contributed by atoms with Crippen LogP contribution in [0.3, 0.4) is 0 Å². The second-order valence-electron chi connectivity index (χ2n) is 13.3. The van der Waals surface area contributed by atoms with Gasteiger partial charge in [-0.25, -0.2) is 9.36 Å². The summed E-state index contributed by atoms with van der Waals surface area (Å²) in [4.78, 5) is 0. The molecule has 2 aliphatic carbocycles. The van der Waals surface area contributed by atoms with Crippen LogP contribution in [0.2, 0.25) is 0 Å². The molecule has 6 heteroatoms. The number of aromatic nitrogens is 6.